The maximum Gasteiger partial charge on any atom is 0.472 e. The molecule has 0 aliphatic rings. The smallest absolute Gasteiger partial charge is 0.394 e. The summed E-state index contributed by atoms with van der Waals surface area (Å²) in [5.74, 6) is 0. The van der Waals surface area contributed by atoms with Gasteiger partial charge in [-0.25, -0.2) is 4.57 Å². The first kappa shape index (κ1) is 49.0. The molecule has 9 heteroatoms. The van der Waals surface area contributed by atoms with Gasteiger partial charge in [-0.05, 0) is 12.8 Å². The van der Waals surface area contributed by atoms with E-state index in [9.17, 15) is 14.6 Å². The Morgan fingerprint density at radius 1 is 0.469 bits per heavy atom. The Balaban J connectivity index is 4.00. The predicted octanol–water partition coefficient (Wildman–Crippen LogP) is 11.6. The van der Waals surface area contributed by atoms with Gasteiger partial charge in [-0.3, -0.25) is 9.05 Å². The standard InChI is InChI=1S/C40H83O8P/c1-3-5-7-9-11-13-15-17-19-21-23-25-27-29-31-33-45-37-40(38-48-49(43,44)47-36-39(42)35-41)46-34-32-30-28-26-24-22-20-18-16-14-12-10-8-6-4-2/h39-42H,3-38H2,1-2H3,(H,43,44). The summed E-state index contributed by atoms with van der Waals surface area (Å²) in [7, 11) is -4.37. The van der Waals surface area contributed by atoms with Gasteiger partial charge < -0.3 is 24.6 Å². The Kier molecular flexibility index (Phi) is 39.1. The first-order valence-electron chi connectivity index (χ1n) is 21.0. The fourth-order valence-corrected chi connectivity index (χ4v) is 6.90. The van der Waals surface area contributed by atoms with Crippen LogP contribution in [-0.4, -0.2) is 67.0 Å². The van der Waals surface area contributed by atoms with Crippen LogP contribution in [0.5, 0.6) is 0 Å². The zero-order valence-electron chi connectivity index (χ0n) is 32.4. The zero-order valence-corrected chi connectivity index (χ0v) is 33.3. The molecule has 0 saturated carbocycles. The summed E-state index contributed by atoms with van der Waals surface area (Å²) >= 11 is 0. The van der Waals surface area contributed by atoms with Gasteiger partial charge in [0.1, 0.15) is 12.2 Å². The molecule has 296 valence electrons. The molecule has 0 heterocycles. The molecule has 0 aromatic rings. The molecule has 3 unspecified atom stereocenters. The number of phosphoric ester groups is 1. The Bertz CT molecular complexity index is 683. The maximum absolute atomic E-state index is 12.2. The number of unbranched alkanes of at least 4 members (excludes halogenated alkanes) is 28. The molecule has 8 nitrogen and oxygen atoms in total. The van der Waals surface area contributed by atoms with Crippen LogP contribution in [0.1, 0.15) is 206 Å². The lowest BCUT2D eigenvalue weighted by Gasteiger charge is -2.20. The lowest BCUT2D eigenvalue weighted by atomic mass is 10.0. The normalized spacial score (nSPS) is 14.3. The van der Waals surface area contributed by atoms with Gasteiger partial charge in [0, 0.05) is 13.2 Å². The van der Waals surface area contributed by atoms with Gasteiger partial charge in [0.15, 0.2) is 0 Å². The van der Waals surface area contributed by atoms with Crippen LogP contribution in [0, 0.1) is 0 Å². The second-order valence-electron chi connectivity index (χ2n) is 14.4. The quantitative estimate of drug-likeness (QED) is 0.0421. The van der Waals surface area contributed by atoms with Crippen LogP contribution in [0.15, 0.2) is 0 Å². The second-order valence-corrected chi connectivity index (χ2v) is 15.8. The summed E-state index contributed by atoms with van der Waals surface area (Å²) in [6.07, 6.45) is 37.7. The molecule has 0 radical (unpaired) electrons. The molecule has 0 spiro atoms. The molecule has 0 amide bonds. The van der Waals surface area contributed by atoms with E-state index in [1.54, 1.807) is 0 Å². The van der Waals surface area contributed by atoms with E-state index in [2.05, 4.69) is 13.8 Å². The lowest BCUT2D eigenvalue weighted by molar-refractivity contribution is -0.0462. The monoisotopic (exact) mass is 723 g/mol. The molecule has 0 saturated heterocycles. The predicted molar refractivity (Wildman–Crippen MR) is 205 cm³/mol. The number of hydrogen-bond acceptors (Lipinski definition) is 7. The van der Waals surface area contributed by atoms with Crippen molar-refractivity contribution >= 4 is 7.82 Å². The van der Waals surface area contributed by atoms with Gasteiger partial charge in [0.2, 0.25) is 0 Å². The molecule has 0 aliphatic heterocycles. The van der Waals surface area contributed by atoms with Gasteiger partial charge in [-0.2, -0.15) is 0 Å². The Labute approximate surface area is 303 Å². The topological polar surface area (TPSA) is 115 Å². The molecular formula is C40H83O8P. The number of aliphatic hydroxyl groups excluding tert-OH is 2. The molecular weight excluding hydrogens is 639 g/mol. The van der Waals surface area contributed by atoms with Gasteiger partial charge in [-0.15, -0.1) is 0 Å². The number of phosphoric acid groups is 1. The number of rotatable bonds is 42. The van der Waals surface area contributed by atoms with E-state index in [1.165, 1.54) is 167 Å². The molecule has 0 bridgehead atoms. The van der Waals surface area contributed by atoms with Crippen molar-refractivity contribution in [1.82, 2.24) is 0 Å². The molecule has 0 fully saturated rings. The van der Waals surface area contributed by atoms with Crippen LogP contribution in [0.3, 0.4) is 0 Å². The van der Waals surface area contributed by atoms with Gasteiger partial charge >= 0.3 is 7.82 Å². The molecule has 3 N–H and O–H groups in total. The maximum atomic E-state index is 12.2. The van der Waals surface area contributed by atoms with Crippen molar-refractivity contribution in [2.75, 3.05) is 39.6 Å². The first-order chi connectivity index (χ1) is 23.9. The lowest BCUT2D eigenvalue weighted by Crippen LogP contribution is -2.27. The zero-order chi connectivity index (χ0) is 35.9. The average Bonchev–Trinajstić information content (AvgIpc) is 3.10. The minimum absolute atomic E-state index is 0.138. The summed E-state index contributed by atoms with van der Waals surface area (Å²) in [6.45, 7) is 4.84. The van der Waals surface area contributed by atoms with E-state index in [1.807, 2.05) is 0 Å². The molecule has 0 aliphatic carbocycles. The highest BCUT2D eigenvalue weighted by molar-refractivity contribution is 7.47. The molecule has 0 aromatic heterocycles. The highest BCUT2D eigenvalue weighted by Gasteiger charge is 2.25. The summed E-state index contributed by atoms with van der Waals surface area (Å²) in [6, 6.07) is 0. The highest BCUT2D eigenvalue weighted by Crippen LogP contribution is 2.43. The SMILES string of the molecule is CCCCCCCCCCCCCCCCCOCC(COP(=O)(O)OCC(O)CO)OCCCCCCCCCCCCCCCCC. The summed E-state index contributed by atoms with van der Waals surface area (Å²) in [5.41, 5.74) is 0. The molecule has 0 aromatic carbocycles. The van der Waals surface area contributed by atoms with Crippen molar-refractivity contribution in [3.05, 3.63) is 0 Å². The first-order valence-corrected chi connectivity index (χ1v) is 22.5. The van der Waals surface area contributed by atoms with Crippen LogP contribution in [0.4, 0.5) is 0 Å². The Hall–Kier alpha value is -0.0500. The van der Waals surface area contributed by atoms with Crippen LogP contribution in [-0.2, 0) is 23.1 Å². The third-order valence-electron chi connectivity index (χ3n) is 9.36. The highest BCUT2D eigenvalue weighted by atomic mass is 31.2. The summed E-state index contributed by atoms with van der Waals surface area (Å²) < 4.78 is 34.0. The third kappa shape index (κ3) is 39.0. The van der Waals surface area contributed by atoms with Crippen LogP contribution < -0.4 is 0 Å². The van der Waals surface area contributed by atoms with E-state index in [-0.39, 0.29) is 13.2 Å². The van der Waals surface area contributed by atoms with Crippen LogP contribution >= 0.6 is 7.82 Å². The third-order valence-corrected chi connectivity index (χ3v) is 10.3. The fraction of sp³-hybridized carbons (Fsp3) is 1.00. The van der Waals surface area contributed by atoms with Crippen molar-refractivity contribution in [3.8, 4) is 0 Å². The summed E-state index contributed by atoms with van der Waals surface area (Å²) in [4.78, 5) is 9.96. The van der Waals surface area contributed by atoms with Gasteiger partial charge in [0.05, 0.1) is 26.4 Å². The molecule has 0 rings (SSSR count). The van der Waals surface area contributed by atoms with Crippen molar-refractivity contribution in [2.24, 2.45) is 0 Å². The number of ether oxygens (including phenoxy) is 2. The fourth-order valence-electron chi connectivity index (χ4n) is 6.11. The van der Waals surface area contributed by atoms with Gasteiger partial charge in [0.25, 0.3) is 0 Å². The Morgan fingerprint density at radius 3 is 1.16 bits per heavy atom. The van der Waals surface area contributed by atoms with E-state index < -0.39 is 33.2 Å². The van der Waals surface area contributed by atoms with Gasteiger partial charge in [-0.1, -0.05) is 194 Å². The molecule has 3 atom stereocenters. The van der Waals surface area contributed by atoms with E-state index in [4.69, 9.17) is 23.6 Å². The molecule has 49 heavy (non-hydrogen) atoms. The van der Waals surface area contributed by atoms with E-state index in [0.717, 1.165) is 25.7 Å². The van der Waals surface area contributed by atoms with Crippen LogP contribution in [0.2, 0.25) is 0 Å². The van der Waals surface area contributed by atoms with Crippen molar-refractivity contribution in [3.63, 3.8) is 0 Å². The van der Waals surface area contributed by atoms with Crippen molar-refractivity contribution in [1.29, 1.82) is 0 Å². The number of aliphatic hydroxyl groups is 2. The number of hydrogen-bond donors (Lipinski definition) is 3. The minimum atomic E-state index is -4.37. The second kappa shape index (κ2) is 39.2. The largest absolute Gasteiger partial charge is 0.472 e. The van der Waals surface area contributed by atoms with Crippen molar-refractivity contribution in [2.45, 2.75) is 219 Å². The van der Waals surface area contributed by atoms with E-state index >= 15 is 0 Å². The average molecular weight is 723 g/mol. The Morgan fingerprint density at radius 2 is 0.796 bits per heavy atom. The summed E-state index contributed by atoms with van der Waals surface area (Å²) in [5, 5.41) is 18.3. The van der Waals surface area contributed by atoms with Crippen molar-refractivity contribution < 1.29 is 38.2 Å². The minimum Gasteiger partial charge on any atom is -0.394 e. The van der Waals surface area contributed by atoms with E-state index in [0.29, 0.717) is 13.2 Å². The van der Waals surface area contributed by atoms with Crippen LogP contribution in [0.25, 0.3) is 0 Å².